The SMILES string of the molecule is COc1ccccc1SCCCNC(C)COc1ccccc1S. The number of ether oxygens (including phenoxy) is 2. The molecule has 0 aromatic heterocycles. The third kappa shape index (κ3) is 6.30. The third-order valence-electron chi connectivity index (χ3n) is 3.49. The summed E-state index contributed by atoms with van der Waals surface area (Å²) in [6.45, 7) is 3.74. The number of thiol groups is 1. The van der Waals surface area contributed by atoms with Crippen LogP contribution in [0, 0.1) is 0 Å². The van der Waals surface area contributed by atoms with E-state index in [1.807, 2.05) is 54.2 Å². The maximum absolute atomic E-state index is 5.79. The lowest BCUT2D eigenvalue weighted by Gasteiger charge is -2.16. The standard InChI is InChI=1S/C19H25NO2S2/c1-15(14-22-16-8-3-5-10-18(16)23)20-12-7-13-24-19-11-6-4-9-17(19)21-2/h3-6,8-11,15,20,23H,7,12-14H2,1-2H3. The van der Waals surface area contributed by atoms with Crippen LogP contribution in [0.3, 0.4) is 0 Å². The maximum Gasteiger partial charge on any atom is 0.132 e. The molecule has 0 fully saturated rings. The van der Waals surface area contributed by atoms with Gasteiger partial charge in [0.2, 0.25) is 0 Å². The van der Waals surface area contributed by atoms with Gasteiger partial charge in [0.05, 0.1) is 7.11 Å². The van der Waals surface area contributed by atoms with Crippen LogP contribution in [0.15, 0.2) is 58.3 Å². The molecule has 0 aliphatic rings. The minimum absolute atomic E-state index is 0.300. The average molecular weight is 364 g/mol. The lowest BCUT2D eigenvalue weighted by Crippen LogP contribution is -2.32. The van der Waals surface area contributed by atoms with Crippen LogP contribution in [0.2, 0.25) is 0 Å². The van der Waals surface area contributed by atoms with E-state index in [4.69, 9.17) is 9.47 Å². The molecule has 0 aliphatic carbocycles. The lowest BCUT2D eigenvalue weighted by molar-refractivity contribution is 0.268. The molecule has 24 heavy (non-hydrogen) atoms. The number of hydrogen-bond acceptors (Lipinski definition) is 5. The van der Waals surface area contributed by atoms with Crippen molar-refractivity contribution in [1.29, 1.82) is 0 Å². The molecule has 2 aromatic carbocycles. The molecule has 2 aromatic rings. The number of benzene rings is 2. The van der Waals surface area contributed by atoms with E-state index in [0.29, 0.717) is 12.6 Å². The summed E-state index contributed by atoms with van der Waals surface area (Å²) in [6.07, 6.45) is 1.09. The molecule has 0 saturated heterocycles. The summed E-state index contributed by atoms with van der Waals surface area (Å²) in [5, 5.41) is 3.49. The molecular formula is C19H25NO2S2. The molecule has 0 spiro atoms. The van der Waals surface area contributed by atoms with Gasteiger partial charge in [-0.1, -0.05) is 24.3 Å². The van der Waals surface area contributed by atoms with Gasteiger partial charge in [-0.05, 0) is 49.9 Å². The number of hydrogen-bond donors (Lipinski definition) is 2. The van der Waals surface area contributed by atoms with Gasteiger partial charge in [-0.15, -0.1) is 24.4 Å². The second-order valence-corrected chi connectivity index (χ2v) is 7.11. The van der Waals surface area contributed by atoms with Gasteiger partial charge in [0, 0.05) is 15.8 Å². The van der Waals surface area contributed by atoms with Gasteiger partial charge in [-0.25, -0.2) is 0 Å². The summed E-state index contributed by atoms with van der Waals surface area (Å²) in [6, 6.07) is 16.2. The minimum atomic E-state index is 0.300. The Hall–Kier alpha value is -1.30. The normalized spacial score (nSPS) is 12.0. The number of thioether (sulfide) groups is 1. The largest absolute Gasteiger partial charge is 0.496 e. The molecule has 2 rings (SSSR count). The van der Waals surface area contributed by atoms with Crippen molar-refractivity contribution in [3.8, 4) is 11.5 Å². The fourth-order valence-corrected chi connectivity index (χ4v) is 3.40. The summed E-state index contributed by atoms with van der Waals surface area (Å²) in [5.74, 6) is 2.84. The summed E-state index contributed by atoms with van der Waals surface area (Å²) in [4.78, 5) is 2.07. The second-order valence-electron chi connectivity index (χ2n) is 5.49. The van der Waals surface area contributed by atoms with Crippen LogP contribution >= 0.6 is 24.4 Å². The fourth-order valence-electron chi connectivity index (χ4n) is 2.19. The van der Waals surface area contributed by atoms with Crippen LogP contribution in [0.4, 0.5) is 0 Å². The van der Waals surface area contributed by atoms with Gasteiger partial charge in [-0.2, -0.15) is 0 Å². The quantitative estimate of drug-likeness (QED) is 0.369. The predicted octanol–water partition coefficient (Wildman–Crippen LogP) is 4.52. The molecule has 1 N–H and O–H groups in total. The Bertz CT molecular complexity index is 622. The Labute approximate surface area is 154 Å². The molecular weight excluding hydrogens is 338 g/mol. The van der Waals surface area contributed by atoms with E-state index in [0.717, 1.165) is 35.1 Å². The first-order valence-electron chi connectivity index (χ1n) is 8.10. The highest BCUT2D eigenvalue weighted by Gasteiger charge is 2.05. The molecule has 0 aliphatic heterocycles. The van der Waals surface area contributed by atoms with Crippen molar-refractivity contribution < 1.29 is 9.47 Å². The van der Waals surface area contributed by atoms with E-state index in [-0.39, 0.29) is 0 Å². The molecule has 0 amide bonds. The Morgan fingerprint density at radius 2 is 1.79 bits per heavy atom. The summed E-state index contributed by atoms with van der Waals surface area (Å²) >= 11 is 6.22. The summed E-state index contributed by atoms with van der Waals surface area (Å²) in [7, 11) is 1.71. The molecule has 1 unspecified atom stereocenters. The van der Waals surface area contributed by atoms with E-state index in [1.165, 1.54) is 4.90 Å². The third-order valence-corrected chi connectivity index (χ3v) is 5.01. The van der Waals surface area contributed by atoms with Crippen LogP contribution < -0.4 is 14.8 Å². The van der Waals surface area contributed by atoms with Crippen molar-refractivity contribution in [1.82, 2.24) is 5.32 Å². The van der Waals surface area contributed by atoms with Crippen LogP contribution in [0.25, 0.3) is 0 Å². The summed E-state index contributed by atoms with van der Waals surface area (Å²) in [5.41, 5.74) is 0. The van der Waals surface area contributed by atoms with Crippen molar-refractivity contribution in [2.75, 3.05) is 26.0 Å². The van der Waals surface area contributed by atoms with Gasteiger partial charge >= 0.3 is 0 Å². The van der Waals surface area contributed by atoms with Gasteiger partial charge < -0.3 is 14.8 Å². The van der Waals surface area contributed by atoms with Crippen molar-refractivity contribution in [3.63, 3.8) is 0 Å². The minimum Gasteiger partial charge on any atom is -0.496 e. The zero-order valence-electron chi connectivity index (χ0n) is 14.2. The molecule has 5 heteroatoms. The number of methoxy groups -OCH3 is 1. The second kappa shape index (κ2) is 10.5. The van der Waals surface area contributed by atoms with Crippen LogP contribution in [-0.2, 0) is 0 Å². The first-order chi connectivity index (χ1) is 11.7. The Morgan fingerprint density at radius 3 is 2.54 bits per heavy atom. The smallest absolute Gasteiger partial charge is 0.132 e. The fraction of sp³-hybridized carbons (Fsp3) is 0.368. The van der Waals surface area contributed by atoms with Gasteiger partial charge in [0.15, 0.2) is 0 Å². The molecule has 130 valence electrons. The predicted molar refractivity (Wildman–Crippen MR) is 105 cm³/mol. The molecule has 3 nitrogen and oxygen atoms in total. The number of nitrogens with one attached hydrogen (secondary N) is 1. The molecule has 0 bridgehead atoms. The van der Waals surface area contributed by atoms with E-state index in [1.54, 1.807) is 7.11 Å². The zero-order valence-corrected chi connectivity index (χ0v) is 15.9. The van der Waals surface area contributed by atoms with Crippen molar-refractivity contribution in [2.45, 2.75) is 29.2 Å². The Balaban J connectivity index is 1.61. The van der Waals surface area contributed by atoms with Crippen LogP contribution in [-0.4, -0.2) is 32.1 Å². The first-order valence-corrected chi connectivity index (χ1v) is 9.54. The summed E-state index contributed by atoms with van der Waals surface area (Å²) < 4.78 is 11.2. The van der Waals surface area contributed by atoms with E-state index >= 15 is 0 Å². The zero-order chi connectivity index (χ0) is 17.2. The highest BCUT2D eigenvalue weighted by Crippen LogP contribution is 2.28. The number of para-hydroxylation sites is 2. The Morgan fingerprint density at radius 1 is 1.08 bits per heavy atom. The first kappa shape index (κ1) is 19.0. The van der Waals surface area contributed by atoms with E-state index in [2.05, 4.69) is 30.9 Å². The molecule has 1 atom stereocenters. The van der Waals surface area contributed by atoms with Crippen molar-refractivity contribution in [3.05, 3.63) is 48.5 Å². The van der Waals surface area contributed by atoms with Gasteiger partial charge in [0.1, 0.15) is 18.1 Å². The van der Waals surface area contributed by atoms with Gasteiger partial charge in [-0.3, -0.25) is 0 Å². The van der Waals surface area contributed by atoms with E-state index in [9.17, 15) is 0 Å². The number of rotatable bonds is 10. The van der Waals surface area contributed by atoms with Crippen molar-refractivity contribution >= 4 is 24.4 Å². The van der Waals surface area contributed by atoms with Crippen LogP contribution in [0.5, 0.6) is 11.5 Å². The molecule has 0 radical (unpaired) electrons. The molecule has 0 heterocycles. The molecule has 0 saturated carbocycles. The van der Waals surface area contributed by atoms with Crippen LogP contribution in [0.1, 0.15) is 13.3 Å². The lowest BCUT2D eigenvalue weighted by atomic mass is 10.3. The van der Waals surface area contributed by atoms with Crippen molar-refractivity contribution in [2.24, 2.45) is 0 Å². The van der Waals surface area contributed by atoms with Gasteiger partial charge in [0.25, 0.3) is 0 Å². The topological polar surface area (TPSA) is 30.5 Å². The maximum atomic E-state index is 5.79. The highest BCUT2D eigenvalue weighted by atomic mass is 32.2. The monoisotopic (exact) mass is 363 g/mol. The highest BCUT2D eigenvalue weighted by molar-refractivity contribution is 7.99. The Kier molecular flexibility index (Phi) is 8.36. The average Bonchev–Trinajstić information content (AvgIpc) is 2.61. The van der Waals surface area contributed by atoms with E-state index < -0.39 is 0 Å².